The van der Waals surface area contributed by atoms with Crippen LogP contribution in [-0.4, -0.2) is 60.2 Å². The SMILES string of the molecule is CC(=O)Nc1ccc(Sc2ncc3ccc(OCCCN4CCOCC4)cc3n2)cc1. The van der Waals surface area contributed by atoms with Crippen LogP contribution in [0.5, 0.6) is 5.75 Å². The number of amides is 1. The summed E-state index contributed by atoms with van der Waals surface area (Å²) in [6.07, 6.45) is 2.82. The second-order valence-electron chi connectivity index (χ2n) is 7.34. The lowest BCUT2D eigenvalue weighted by Crippen LogP contribution is -2.37. The number of nitrogens with one attached hydrogen (secondary N) is 1. The monoisotopic (exact) mass is 438 g/mol. The summed E-state index contributed by atoms with van der Waals surface area (Å²) in [5, 5.41) is 4.41. The molecule has 1 aliphatic rings. The van der Waals surface area contributed by atoms with E-state index in [0.29, 0.717) is 11.8 Å². The molecule has 0 unspecified atom stereocenters. The molecule has 1 amide bonds. The maximum atomic E-state index is 11.1. The Hall–Kier alpha value is -2.68. The first kappa shape index (κ1) is 21.5. The Balaban J connectivity index is 1.34. The van der Waals surface area contributed by atoms with Crippen LogP contribution in [-0.2, 0) is 9.53 Å². The number of fused-ring (bicyclic) bond motifs is 1. The minimum atomic E-state index is -0.0858. The summed E-state index contributed by atoms with van der Waals surface area (Å²) in [5.41, 5.74) is 1.63. The number of anilines is 1. The van der Waals surface area contributed by atoms with Crippen LogP contribution in [0, 0.1) is 0 Å². The molecule has 0 spiro atoms. The van der Waals surface area contributed by atoms with E-state index in [1.54, 1.807) is 0 Å². The van der Waals surface area contributed by atoms with Gasteiger partial charge in [-0.05, 0) is 54.6 Å². The summed E-state index contributed by atoms with van der Waals surface area (Å²) in [4.78, 5) is 23.7. The molecule has 1 aromatic heterocycles. The van der Waals surface area contributed by atoms with Gasteiger partial charge in [-0.25, -0.2) is 9.97 Å². The van der Waals surface area contributed by atoms with Gasteiger partial charge in [-0.1, -0.05) is 0 Å². The molecule has 7 nitrogen and oxygen atoms in total. The molecule has 4 rings (SSSR count). The highest BCUT2D eigenvalue weighted by atomic mass is 32.2. The van der Waals surface area contributed by atoms with E-state index in [1.165, 1.54) is 18.7 Å². The lowest BCUT2D eigenvalue weighted by Gasteiger charge is -2.26. The molecular weight excluding hydrogens is 412 g/mol. The van der Waals surface area contributed by atoms with Crippen molar-refractivity contribution in [3.05, 3.63) is 48.7 Å². The normalized spacial score (nSPS) is 14.5. The molecule has 0 bridgehead atoms. The Morgan fingerprint density at radius 3 is 2.77 bits per heavy atom. The highest BCUT2D eigenvalue weighted by Crippen LogP contribution is 2.28. The third kappa shape index (κ3) is 6.40. The van der Waals surface area contributed by atoms with Crippen molar-refractivity contribution in [2.24, 2.45) is 0 Å². The molecule has 0 radical (unpaired) electrons. The molecule has 1 fully saturated rings. The molecule has 0 saturated carbocycles. The fourth-order valence-electron chi connectivity index (χ4n) is 3.34. The number of carbonyl (C=O) groups is 1. The van der Waals surface area contributed by atoms with Gasteiger partial charge < -0.3 is 14.8 Å². The molecule has 2 aromatic carbocycles. The molecule has 162 valence electrons. The van der Waals surface area contributed by atoms with Crippen molar-refractivity contribution >= 4 is 34.3 Å². The molecule has 2 heterocycles. The zero-order valence-corrected chi connectivity index (χ0v) is 18.4. The van der Waals surface area contributed by atoms with E-state index in [2.05, 4.69) is 20.2 Å². The predicted octanol–water partition coefficient (Wildman–Crippen LogP) is 3.84. The summed E-state index contributed by atoms with van der Waals surface area (Å²) in [6, 6.07) is 13.5. The second kappa shape index (κ2) is 10.6. The Morgan fingerprint density at radius 2 is 2.00 bits per heavy atom. The molecule has 1 N–H and O–H groups in total. The predicted molar refractivity (Wildman–Crippen MR) is 122 cm³/mol. The van der Waals surface area contributed by atoms with E-state index in [9.17, 15) is 4.79 Å². The molecule has 3 aromatic rings. The standard InChI is InChI=1S/C23H26N4O3S/c1-17(28)25-19-4-7-21(8-5-19)31-23-24-16-18-3-6-20(15-22(18)26-23)30-12-2-9-27-10-13-29-14-11-27/h3-8,15-16H,2,9-14H2,1H3,(H,25,28). The van der Waals surface area contributed by atoms with Gasteiger partial charge in [-0.3, -0.25) is 9.69 Å². The minimum absolute atomic E-state index is 0.0858. The lowest BCUT2D eigenvalue weighted by molar-refractivity contribution is -0.114. The fourth-order valence-corrected chi connectivity index (χ4v) is 4.08. The Morgan fingerprint density at radius 1 is 1.19 bits per heavy atom. The van der Waals surface area contributed by atoms with Crippen molar-refractivity contribution in [2.45, 2.75) is 23.4 Å². The first-order valence-electron chi connectivity index (χ1n) is 10.4. The fraction of sp³-hybridized carbons (Fsp3) is 0.348. The van der Waals surface area contributed by atoms with Gasteiger partial charge in [0.25, 0.3) is 0 Å². The molecule has 0 aliphatic carbocycles. The number of rotatable bonds is 8. The van der Waals surface area contributed by atoms with E-state index in [4.69, 9.17) is 9.47 Å². The summed E-state index contributed by atoms with van der Waals surface area (Å²) in [7, 11) is 0. The highest BCUT2D eigenvalue weighted by molar-refractivity contribution is 7.99. The number of ether oxygens (including phenoxy) is 2. The quantitative estimate of drug-likeness (QED) is 0.423. The van der Waals surface area contributed by atoms with E-state index >= 15 is 0 Å². The highest BCUT2D eigenvalue weighted by Gasteiger charge is 2.10. The van der Waals surface area contributed by atoms with E-state index in [1.807, 2.05) is 48.7 Å². The van der Waals surface area contributed by atoms with Gasteiger partial charge in [0.1, 0.15) is 5.75 Å². The van der Waals surface area contributed by atoms with Crippen molar-refractivity contribution in [3.8, 4) is 5.75 Å². The van der Waals surface area contributed by atoms with Crippen LogP contribution in [0.3, 0.4) is 0 Å². The van der Waals surface area contributed by atoms with Gasteiger partial charge in [-0.2, -0.15) is 0 Å². The van der Waals surface area contributed by atoms with Gasteiger partial charge in [0.05, 0.1) is 25.3 Å². The largest absolute Gasteiger partial charge is 0.493 e. The second-order valence-corrected chi connectivity index (χ2v) is 8.38. The zero-order valence-electron chi connectivity index (χ0n) is 17.5. The summed E-state index contributed by atoms with van der Waals surface area (Å²) in [5.74, 6) is 0.737. The third-order valence-corrected chi connectivity index (χ3v) is 5.79. The van der Waals surface area contributed by atoms with Crippen LogP contribution >= 0.6 is 11.8 Å². The maximum absolute atomic E-state index is 11.1. The first-order chi connectivity index (χ1) is 15.2. The molecule has 31 heavy (non-hydrogen) atoms. The van der Waals surface area contributed by atoms with Crippen molar-refractivity contribution in [2.75, 3.05) is 44.8 Å². The van der Waals surface area contributed by atoms with Crippen LogP contribution in [0.2, 0.25) is 0 Å². The minimum Gasteiger partial charge on any atom is -0.493 e. The van der Waals surface area contributed by atoms with Crippen molar-refractivity contribution < 1.29 is 14.3 Å². The number of hydrogen-bond acceptors (Lipinski definition) is 7. The molecule has 8 heteroatoms. The first-order valence-corrected chi connectivity index (χ1v) is 11.2. The van der Waals surface area contributed by atoms with E-state index in [0.717, 1.165) is 66.5 Å². The number of nitrogens with zero attached hydrogens (tertiary/aromatic N) is 3. The Bertz CT molecular complexity index is 1020. The summed E-state index contributed by atoms with van der Waals surface area (Å²) >= 11 is 1.48. The van der Waals surface area contributed by atoms with Gasteiger partial charge in [-0.15, -0.1) is 0 Å². The average Bonchev–Trinajstić information content (AvgIpc) is 2.78. The zero-order chi connectivity index (χ0) is 21.5. The van der Waals surface area contributed by atoms with Crippen molar-refractivity contribution in [3.63, 3.8) is 0 Å². The van der Waals surface area contributed by atoms with Gasteiger partial charge >= 0.3 is 0 Å². The number of hydrogen-bond donors (Lipinski definition) is 1. The molecule has 0 atom stereocenters. The average molecular weight is 439 g/mol. The molecule has 1 saturated heterocycles. The van der Waals surface area contributed by atoms with E-state index < -0.39 is 0 Å². The number of aromatic nitrogens is 2. The van der Waals surface area contributed by atoms with Crippen LogP contribution in [0.25, 0.3) is 10.9 Å². The summed E-state index contributed by atoms with van der Waals surface area (Å²) in [6.45, 7) is 6.85. The Labute approximate surface area is 186 Å². The lowest BCUT2D eigenvalue weighted by atomic mass is 10.2. The topological polar surface area (TPSA) is 76.6 Å². The number of carbonyl (C=O) groups excluding carboxylic acids is 1. The number of benzene rings is 2. The van der Waals surface area contributed by atoms with E-state index in [-0.39, 0.29) is 5.91 Å². The third-order valence-electron chi connectivity index (χ3n) is 4.91. The molecular formula is C23H26N4O3S. The summed E-state index contributed by atoms with van der Waals surface area (Å²) < 4.78 is 11.3. The smallest absolute Gasteiger partial charge is 0.221 e. The van der Waals surface area contributed by atoms with Gasteiger partial charge in [0, 0.05) is 54.8 Å². The molecule has 1 aliphatic heterocycles. The Kier molecular flexibility index (Phi) is 7.35. The van der Waals surface area contributed by atoms with Crippen molar-refractivity contribution in [1.29, 1.82) is 0 Å². The maximum Gasteiger partial charge on any atom is 0.221 e. The van der Waals surface area contributed by atoms with Crippen LogP contribution < -0.4 is 10.1 Å². The van der Waals surface area contributed by atoms with Gasteiger partial charge in [0.2, 0.25) is 5.91 Å². The van der Waals surface area contributed by atoms with Crippen LogP contribution in [0.1, 0.15) is 13.3 Å². The van der Waals surface area contributed by atoms with Crippen molar-refractivity contribution in [1.82, 2.24) is 14.9 Å². The number of morpholine rings is 1. The van der Waals surface area contributed by atoms with Gasteiger partial charge in [0.15, 0.2) is 5.16 Å². The van der Waals surface area contributed by atoms with Crippen LogP contribution in [0.15, 0.2) is 58.7 Å². The van der Waals surface area contributed by atoms with Crippen LogP contribution in [0.4, 0.5) is 5.69 Å².